The minimum Gasteiger partial charge on any atom is -0.495 e. The summed E-state index contributed by atoms with van der Waals surface area (Å²) in [5.41, 5.74) is 2.91. The molecular formula is C23H24N2O4S. The van der Waals surface area contributed by atoms with Crippen molar-refractivity contribution < 1.29 is 17.9 Å². The summed E-state index contributed by atoms with van der Waals surface area (Å²) >= 11 is 0. The predicted octanol–water partition coefficient (Wildman–Crippen LogP) is 4.38. The van der Waals surface area contributed by atoms with Gasteiger partial charge in [-0.05, 0) is 60.9 Å². The molecule has 0 aliphatic carbocycles. The molecule has 1 amide bonds. The number of methoxy groups -OCH3 is 1. The van der Waals surface area contributed by atoms with E-state index in [9.17, 15) is 13.2 Å². The molecule has 0 heterocycles. The number of anilines is 2. The maximum Gasteiger partial charge on any atom is 0.262 e. The van der Waals surface area contributed by atoms with Crippen LogP contribution >= 0.6 is 0 Å². The SMILES string of the molecule is COc1ccc(C)cc1NS(=O)(=O)c1ccc(NC(=O)CCc2ccccc2)cc1. The topological polar surface area (TPSA) is 84.5 Å². The first kappa shape index (κ1) is 21.4. The number of sulfonamides is 1. The Labute approximate surface area is 177 Å². The molecule has 3 aromatic rings. The van der Waals surface area contributed by atoms with Crippen LogP contribution in [0.15, 0.2) is 77.7 Å². The Morgan fingerprint density at radius 1 is 0.967 bits per heavy atom. The zero-order valence-electron chi connectivity index (χ0n) is 16.9. The molecule has 3 rings (SSSR count). The number of carbonyl (C=O) groups is 1. The van der Waals surface area contributed by atoms with Gasteiger partial charge >= 0.3 is 0 Å². The minimum atomic E-state index is -3.80. The molecule has 0 fully saturated rings. The van der Waals surface area contributed by atoms with Crippen molar-refractivity contribution in [1.82, 2.24) is 0 Å². The maximum atomic E-state index is 12.7. The Morgan fingerprint density at radius 2 is 1.67 bits per heavy atom. The van der Waals surface area contributed by atoms with E-state index >= 15 is 0 Å². The van der Waals surface area contributed by atoms with Crippen molar-refractivity contribution in [2.75, 3.05) is 17.1 Å². The first-order valence-corrected chi connectivity index (χ1v) is 11.0. The molecule has 6 nitrogen and oxygen atoms in total. The second-order valence-corrected chi connectivity index (χ2v) is 8.55. The highest BCUT2D eigenvalue weighted by Crippen LogP contribution is 2.28. The van der Waals surface area contributed by atoms with Crippen molar-refractivity contribution in [3.63, 3.8) is 0 Å². The molecule has 0 spiro atoms. The smallest absolute Gasteiger partial charge is 0.262 e. The van der Waals surface area contributed by atoms with Crippen LogP contribution in [-0.4, -0.2) is 21.4 Å². The lowest BCUT2D eigenvalue weighted by molar-refractivity contribution is -0.116. The van der Waals surface area contributed by atoms with Gasteiger partial charge in [0.2, 0.25) is 5.91 Å². The lowest BCUT2D eigenvalue weighted by Gasteiger charge is -2.13. The molecule has 0 radical (unpaired) electrons. The fraction of sp³-hybridized carbons (Fsp3) is 0.174. The Bertz CT molecular complexity index is 1110. The van der Waals surface area contributed by atoms with Crippen LogP contribution in [0.3, 0.4) is 0 Å². The molecule has 0 saturated heterocycles. The number of hydrogen-bond donors (Lipinski definition) is 2. The van der Waals surface area contributed by atoms with Crippen molar-refractivity contribution in [2.45, 2.75) is 24.7 Å². The van der Waals surface area contributed by atoms with Crippen LogP contribution in [-0.2, 0) is 21.2 Å². The Hall–Kier alpha value is -3.32. The van der Waals surface area contributed by atoms with Crippen molar-refractivity contribution in [3.8, 4) is 5.75 Å². The normalized spacial score (nSPS) is 11.0. The molecule has 3 aromatic carbocycles. The van der Waals surface area contributed by atoms with E-state index in [1.54, 1.807) is 24.3 Å². The fourth-order valence-electron chi connectivity index (χ4n) is 2.95. The average Bonchev–Trinajstić information content (AvgIpc) is 2.73. The van der Waals surface area contributed by atoms with E-state index in [4.69, 9.17) is 4.74 Å². The number of carbonyl (C=O) groups excluding carboxylic acids is 1. The van der Waals surface area contributed by atoms with Crippen molar-refractivity contribution in [3.05, 3.63) is 83.9 Å². The third-order valence-corrected chi connectivity index (χ3v) is 5.91. The second kappa shape index (κ2) is 9.45. The van der Waals surface area contributed by atoms with Crippen LogP contribution in [0.5, 0.6) is 5.75 Å². The Balaban J connectivity index is 1.64. The van der Waals surface area contributed by atoms with Crippen LogP contribution < -0.4 is 14.8 Å². The van der Waals surface area contributed by atoms with Crippen LogP contribution in [0.4, 0.5) is 11.4 Å². The van der Waals surface area contributed by atoms with Crippen molar-refractivity contribution in [2.24, 2.45) is 0 Å². The molecule has 0 atom stereocenters. The number of benzene rings is 3. The highest BCUT2D eigenvalue weighted by Gasteiger charge is 2.17. The summed E-state index contributed by atoms with van der Waals surface area (Å²) in [6.07, 6.45) is 0.986. The molecule has 0 aromatic heterocycles. The summed E-state index contributed by atoms with van der Waals surface area (Å²) in [5, 5.41) is 2.79. The van der Waals surface area contributed by atoms with Gasteiger partial charge in [0.15, 0.2) is 0 Å². The van der Waals surface area contributed by atoms with Gasteiger partial charge in [0, 0.05) is 12.1 Å². The third-order valence-electron chi connectivity index (χ3n) is 4.53. The quantitative estimate of drug-likeness (QED) is 0.562. The minimum absolute atomic E-state index is 0.0911. The van der Waals surface area contributed by atoms with E-state index in [2.05, 4.69) is 10.0 Å². The van der Waals surface area contributed by atoms with E-state index in [0.717, 1.165) is 11.1 Å². The van der Waals surface area contributed by atoms with Crippen LogP contribution in [0, 0.1) is 6.92 Å². The van der Waals surface area contributed by atoms with Gasteiger partial charge in [0.05, 0.1) is 17.7 Å². The Morgan fingerprint density at radius 3 is 2.33 bits per heavy atom. The molecule has 2 N–H and O–H groups in total. The standard InChI is InChI=1S/C23H24N2O4S/c1-17-8-14-22(29-2)21(16-17)25-30(27,28)20-12-10-19(11-13-20)24-23(26)15-9-18-6-4-3-5-7-18/h3-8,10-14,16,25H,9,15H2,1-2H3,(H,24,26). The zero-order valence-corrected chi connectivity index (χ0v) is 17.7. The number of aryl methyl sites for hydroxylation is 2. The molecule has 0 unspecified atom stereocenters. The number of rotatable bonds is 8. The molecule has 0 saturated carbocycles. The molecule has 156 valence electrons. The maximum absolute atomic E-state index is 12.7. The second-order valence-electron chi connectivity index (χ2n) is 6.87. The highest BCUT2D eigenvalue weighted by molar-refractivity contribution is 7.92. The summed E-state index contributed by atoms with van der Waals surface area (Å²) in [7, 11) is -2.31. The lowest BCUT2D eigenvalue weighted by Crippen LogP contribution is -2.15. The van der Waals surface area contributed by atoms with Gasteiger partial charge in [-0.3, -0.25) is 9.52 Å². The highest BCUT2D eigenvalue weighted by atomic mass is 32.2. The van der Waals surface area contributed by atoms with Crippen LogP contribution in [0.2, 0.25) is 0 Å². The van der Waals surface area contributed by atoms with Gasteiger partial charge in [-0.25, -0.2) is 8.42 Å². The predicted molar refractivity (Wildman–Crippen MR) is 118 cm³/mol. The largest absolute Gasteiger partial charge is 0.495 e. The molecule has 0 aliphatic rings. The summed E-state index contributed by atoms with van der Waals surface area (Å²) < 4.78 is 33.2. The average molecular weight is 425 g/mol. The van der Waals surface area contributed by atoms with Crippen molar-refractivity contribution in [1.29, 1.82) is 0 Å². The van der Waals surface area contributed by atoms with Gasteiger partial charge in [-0.2, -0.15) is 0 Å². The summed E-state index contributed by atoms with van der Waals surface area (Å²) in [6, 6.07) is 21.1. The third kappa shape index (κ3) is 5.61. The van der Waals surface area contributed by atoms with Crippen LogP contribution in [0.1, 0.15) is 17.5 Å². The van der Waals surface area contributed by atoms with E-state index in [1.807, 2.05) is 43.3 Å². The fourth-order valence-corrected chi connectivity index (χ4v) is 4.01. The number of nitrogens with one attached hydrogen (secondary N) is 2. The van der Waals surface area contributed by atoms with Gasteiger partial charge in [-0.15, -0.1) is 0 Å². The summed E-state index contributed by atoms with van der Waals surface area (Å²) in [5.74, 6) is 0.309. The van der Waals surface area contributed by atoms with E-state index in [0.29, 0.717) is 30.0 Å². The van der Waals surface area contributed by atoms with Gasteiger partial charge in [0.1, 0.15) is 5.75 Å². The zero-order chi connectivity index (χ0) is 21.6. The first-order chi connectivity index (χ1) is 14.4. The molecule has 0 bridgehead atoms. The summed E-state index contributed by atoms with van der Waals surface area (Å²) in [4.78, 5) is 12.2. The van der Waals surface area contributed by atoms with Gasteiger partial charge in [0.25, 0.3) is 10.0 Å². The number of ether oxygens (including phenoxy) is 1. The van der Waals surface area contributed by atoms with Crippen LogP contribution in [0.25, 0.3) is 0 Å². The molecule has 30 heavy (non-hydrogen) atoms. The van der Waals surface area contributed by atoms with E-state index in [1.165, 1.54) is 19.2 Å². The summed E-state index contributed by atoms with van der Waals surface area (Å²) in [6.45, 7) is 1.87. The van der Waals surface area contributed by atoms with Crippen molar-refractivity contribution >= 4 is 27.3 Å². The number of amides is 1. The number of hydrogen-bond acceptors (Lipinski definition) is 4. The van der Waals surface area contributed by atoms with E-state index < -0.39 is 10.0 Å². The van der Waals surface area contributed by atoms with Gasteiger partial charge in [-0.1, -0.05) is 36.4 Å². The molecule has 7 heteroatoms. The monoisotopic (exact) mass is 424 g/mol. The Kier molecular flexibility index (Phi) is 6.74. The lowest BCUT2D eigenvalue weighted by atomic mass is 10.1. The molecular weight excluding hydrogens is 400 g/mol. The van der Waals surface area contributed by atoms with E-state index in [-0.39, 0.29) is 10.8 Å². The molecule has 0 aliphatic heterocycles. The van der Waals surface area contributed by atoms with Gasteiger partial charge < -0.3 is 10.1 Å². The first-order valence-electron chi connectivity index (χ1n) is 9.49.